The van der Waals surface area contributed by atoms with Crippen molar-refractivity contribution < 1.29 is 19.4 Å². The van der Waals surface area contributed by atoms with E-state index in [2.05, 4.69) is 0 Å². The molecule has 1 N–H and O–H groups in total. The number of carbonyl (C=O) groups is 1. The standard InChI is InChI=1S/C9H18O4/c1-2-13-9(11)5-3-7-12-8-4-6-10/h10H,2-8H2,1H3. The van der Waals surface area contributed by atoms with E-state index in [1.165, 1.54) is 0 Å². The van der Waals surface area contributed by atoms with Crippen LogP contribution < -0.4 is 0 Å². The quantitative estimate of drug-likeness (QED) is 0.453. The van der Waals surface area contributed by atoms with Crippen molar-refractivity contribution in [3.05, 3.63) is 0 Å². The molecule has 0 fully saturated rings. The molecule has 13 heavy (non-hydrogen) atoms. The van der Waals surface area contributed by atoms with Gasteiger partial charge in [-0.15, -0.1) is 0 Å². The summed E-state index contributed by atoms with van der Waals surface area (Å²) in [6.45, 7) is 3.48. The summed E-state index contributed by atoms with van der Waals surface area (Å²) in [5, 5.41) is 8.43. The SMILES string of the molecule is CCOC(=O)CCCOCCCO. The van der Waals surface area contributed by atoms with Crippen molar-refractivity contribution in [3.8, 4) is 0 Å². The van der Waals surface area contributed by atoms with Gasteiger partial charge >= 0.3 is 5.97 Å². The van der Waals surface area contributed by atoms with Crippen molar-refractivity contribution in [2.45, 2.75) is 26.2 Å². The smallest absolute Gasteiger partial charge is 0.305 e. The van der Waals surface area contributed by atoms with Crippen LogP contribution in [0.1, 0.15) is 26.2 Å². The highest BCUT2D eigenvalue weighted by molar-refractivity contribution is 5.69. The molecule has 0 atom stereocenters. The van der Waals surface area contributed by atoms with E-state index in [1.807, 2.05) is 0 Å². The topological polar surface area (TPSA) is 55.8 Å². The summed E-state index contributed by atoms with van der Waals surface area (Å²) in [7, 11) is 0. The van der Waals surface area contributed by atoms with Gasteiger partial charge in [0.05, 0.1) is 6.61 Å². The summed E-state index contributed by atoms with van der Waals surface area (Å²) in [5.74, 6) is -0.173. The fourth-order valence-electron chi connectivity index (χ4n) is 0.820. The zero-order chi connectivity index (χ0) is 9.94. The molecule has 0 unspecified atom stereocenters. The Labute approximate surface area is 78.8 Å². The molecule has 4 heteroatoms. The van der Waals surface area contributed by atoms with Crippen LogP contribution in [-0.4, -0.2) is 37.5 Å². The van der Waals surface area contributed by atoms with Crippen molar-refractivity contribution in [2.75, 3.05) is 26.4 Å². The van der Waals surface area contributed by atoms with Gasteiger partial charge in [-0.3, -0.25) is 4.79 Å². The predicted octanol–water partition coefficient (Wildman–Crippen LogP) is 0.729. The Morgan fingerprint density at radius 3 is 2.62 bits per heavy atom. The number of carbonyl (C=O) groups excluding carboxylic acids is 1. The molecule has 4 nitrogen and oxygen atoms in total. The van der Waals surface area contributed by atoms with Crippen LogP contribution in [0.4, 0.5) is 0 Å². The second kappa shape index (κ2) is 9.48. The number of aliphatic hydroxyl groups excluding tert-OH is 1. The minimum Gasteiger partial charge on any atom is -0.466 e. The van der Waals surface area contributed by atoms with E-state index in [-0.39, 0.29) is 12.6 Å². The lowest BCUT2D eigenvalue weighted by Crippen LogP contribution is -2.06. The molecule has 0 saturated carbocycles. The second-order valence-corrected chi connectivity index (χ2v) is 2.60. The number of esters is 1. The number of rotatable bonds is 8. The third kappa shape index (κ3) is 9.30. The van der Waals surface area contributed by atoms with Crippen LogP contribution >= 0.6 is 0 Å². The van der Waals surface area contributed by atoms with E-state index in [0.717, 1.165) is 0 Å². The average Bonchev–Trinajstić information content (AvgIpc) is 2.11. The van der Waals surface area contributed by atoms with Crippen LogP contribution in [0.3, 0.4) is 0 Å². The van der Waals surface area contributed by atoms with E-state index >= 15 is 0 Å². The molecule has 0 aromatic carbocycles. The second-order valence-electron chi connectivity index (χ2n) is 2.60. The fourth-order valence-corrected chi connectivity index (χ4v) is 0.820. The number of hydrogen-bond acceptors (Lipinski definition) is 4. The van der Waals surface area contributed by atoms with Gasteiger partial charge in [-0.05, 0) is 19.8 Å². The van der Waals surface area contributed by atoms with Crippen LogP contribution in [0.2, 0.25) is 0 Å². The first kappa shape index (κ1) is 12.4. The van der Waals surface area contributed by atoms with Gasteiger partial charge in [-0.2, -0.15) is 0 Å². The average molecular weight is 190 g/mol. The highest BCUT2D eigenvalue weighted by Gasteiger charge is 1.99. The molecule has 0 saturated heterocycles. The molecule has 0 aromatic heterocycles. The molecule has 0 rings (SSSR count). The largest absolute Gasteiger partial charge is 0.466 e. The van der Waals surface area contributed by atoms with Gasteiger partial charge in [-0.1, -0.05) is 0 Å². The maximum Gasteiger partial charge on any atom is 0.305 e. The molecule has 0 amide bonds. The van der Waals surface area contributed by atoms with E-state index in [4.69, 9.17) is 14.6 Å². The van der Waals surface area contributed by atoms with E-state index < -0.39 is 0 Å². The highest BCUT2D eigenvalue weighted by atomic mass is 16.5. The monoisotopic (exact) mass is 190 g/mol. The van der Waals surface area contributed by atoms with E-state index in [0.29, 0.717) is 39.1 Å². The van der Waals surface area contributed by atoms with Crippen LogP contribution in [0.15, 0.2) is 0 Å². The minimum absolute atomic E-state index is 0.151. The third-order valence-corrected chi connectivity index (χ3v) is 1.42. The molecule has 0 spiro atoms. The molecule has 0 aliphatic rings. The van der Waals surface area contributed by atoms with Gasteiger partial charge in [0, 0.05) is 26.2 Å². The Hall–Kier alpha value is -0.610. The molecule has 0 heterocycles. The summed E-state index contributed by atoms with van der Waals surface area (Å²) in [5.41, 5.74) is 0. The first-order chi connectivity index (χ1) is 6.31. The molecule has 0 aromatic rings. The maximum absolute atomic E-state index is 10.8. The Morgan fingerprint density at radius 2 is 2.00 bits per heavy atom. The van der Waals surface area contributed by atoms with Crippen LogP contribution in [0, 0.1) is 0 Å². The molecular weight excluding hydrogens is 172 g/mol. The summed E-state index contributed by atoms with van der Waals surface area (Å²) >= 11 is 0. The lowest BCUT2D eigenvalue weighted by Gasteiger charge is -2.02. The van der Waals surface area contributed by atoms with E-state index in [9.17, 15) is 4.79 Å². The van der Waals surface area contributed by atoms with Gasteiger partial charge in [-0.25, -0.2) is 0 Å². The molecule has 0 aliphatic carbocycles. The van der Waals surface area contributed by atoms with Crippen LogP contribution in [0.5, 0.6) is 0 Å². The summed E-state index contributed by atoms with van der Waals surface area (Å²) in [4.78, 5) is 10.8. The predicted molar refractivity (Wildman–Crippen MR) is 48.4 cm³/mol. The molecular formula is C9H18O4. The fraction of sp³-hybridized carbons (Fsp3) is 0.889. The number of ether oxygens (including phenoxy) is 2. The molecule has 0 aliphatic heterocycles. The summed E-state index contributed by atoms with van der Waals surface area (Å²) < 4.78 is 9.87. The lowest BCUT2D eigenvalue weighted by atomic mass is 10.3. The zero-order valence-corrected chi connectivity index (χ0v) is 8.12. The van der Waals surface area contributed by atoms with Gasteiger partial charge in [0.1, 0.15) is 0 Å². The van der Waals surface area contributed by atoms with E-state index in [1.54, 1.807) is 6.92 Å². The Kier molecular flexibility index (Phi) is 9.03. The zero-order valence-electron chi connectivity index (χ0n) is 8.12. The van der Waals surface area contributed by atoms with Crippen molar-refractivity contribution in [2.24, 2.45) is 0 Å². The van der Waals surface area contributed by atoms with Crippen molar-refractivity contribution in [3.63, 3.8) is 0 Å². The Bertz CT molecular complexity index is 125. The Morgan fingerprint density at radius 1 is 1.31 bits per heavy atom. The lowest BCUT2D eigenvalue weighted by molar-refractivity contribution is -0.143. The number of hydrogen-bond donors (Lipinski definition) is 1. The third-order valence-electron chi connectivity index (χ3n) is 1.42. The number of aliphatic hydroxyl groups is 1. The first-order valence-electron chi connectivity index (χ1n) is 4.65. The molecule has 0 bridgehead atoms. The minimum atomic E-state index is -0.173. The van der Waals surface area contributed by atoms with Gasteiger partial charge in [0.15, 0.2) is 0 Å². The Balaban J connectivity index is 3.02. The first-order valence-corrected chi connectivity index (χ1v) is 4.65. The van der Waals surface area contributed by atoms with Gasteiger partial charge in [0.2, 0.25) is 0 Å². The van der Waals surface area contributed by atoms with Crippen molar-refractivity contribution in [1.82, 2.24) is 0 Å². The summed E-state index contributed by atoms with van der Waals surface area (Å²) in [6, 6.07) is 0. The highest BCUT2D eigenvalue weighted by Crippen LogP contribution is 1.94. The normalized spacial score (nSPS) is 10.0. The molecule has 78 valence electrons. The summed E-state index contributed by atoms with van der Waals surface area (Å²) in [6.07, 6.45) is 1.75. The van der Waals surface area contributed by atoms with Crippen molar-refractivity contribution >= 4 is 5.97 Å². The molecule has 0 radical (unpaired) electrons. The van der Waals surface area contributed by atoms with Crippen LogP contribution in [0.25, 0.3) is 0 Å². The van der Waals surface area contributed by atoms with Crippen LogP contribution in [-0.2, 0) is 14.3 Å². The maximum atomic E-state index is 10.8. The van der Waals surface area contributed by atoms with Crippen molar-refractivity contribution in [1.29, 1.82) is 0 Å². The van der Waals surface area contributed by atoms with Gasteiger partial charge in [0.25, 0.3) is 0 Å². The van der Waals surface area contributed by atoms with Gasteiger partial charge < -0.3 is 14.6 Å².